The second kappa shape index (κ2) is 8.85. The molecule has 1 aromatic heterocycles. The van der Waals surface area contributed by atoms with Gasteiger partial charge in [-0.1, -0.05) is 12.1 Å². The van der Waals surface area contributed by atoms with Gasteiger partial charge in [-0.2, -0.15) is 4.98 Å². The number of sulfone groups is 1. The zero-order chi connectivity index (χ0) is 20.0. The Labute approximate surface area is 158 Å². The van der Waals surface area contributed by atoms with Gasteiger partial charge in [-0.25, -0.2) is 8.42 Å². The number of ether oxygens (including phenoxy) is 2. The molecule has 2 rings (SSSR count). The molecule has 148 valence electrons. The lowest BCUT2D eigenvalue weighted by Gasteiger charge is -2.11. The lowest BCUT2D eigenvalue weighted by Crippen LogP contribution is -2.38. The second-order valence-corrected chi connectivity index (χ2v) is 8.14. The first-order valence-electron chi connectivity index (χ1n) is 8.36. The monoisotopic (exact) mass is 397 g/mol. The van der Waals surface area contributed by atoms with Crippen LogP contribution in [0.25, 0.3) is 11.4 Å². The van der Waals surface area contributed by atoms with E-state index in [0.717, 1.165) is 6.42 Å². The fraction of sp³-hybridized carbons (Fsp3) is 0.471. The molecule has 2 aromatic rings. The van der Waals surface area contributed by atoms with Crippen molar-refractivity contribution in [2.24, 2.45) is 0 Å². The molecule has 0 spiro atoms. The number of methoxy groups -OCH3 is 2. The lowest BCUT2D eigenvalue weighted by atomic mass is 10.2. The number of benzene rings is 1. The predicted molar refractivity (Wildman–Crippen MR) is 98.2 cm³/mol. The van der Waals surface area contributed by atoms with Gasteiger partial charge in [0.15, 0.2) is 21.3 Å². The third kappa shape index (κ3) is 4.97. The summed E-state index contributed by atoms with van der Waals surface area (Å²) >= 11 is 0. The van der Waals surface area contributed by atoms with Gasteiger partial charge in [-0.3, -0.25) is 4.79 Å². The SMILES string of the molecule is CCCNC(=O)C(C)S(=O)(=O)Cc1nc(-c2ccc(OC)c(OC)c2)no1. The van der Waals surface area contributed by atoms with E-state index in [2.05, 4.69) is 15.5 Å². The summed E-state index contributed by atoms with van der Waals surface area (Å²) < 4.78 is 40.3. The number of amides is 1. The number of hydrogen-bond acceptors (Lipinski definition) is 8. The topological polar surface area (TPSA) is 121 Å². The summed E-state index contributed by atoms with van der Waals surface area (Å²) in [7, 11) is -0.767. The molecule has 0 bridgehead atoms. The average Bonchev–Trinajstić information content (AvgIpc) is 3.12. The molecule has 27 heavy (non-hydrogen) atoms. The number of nitrogens with zero attached hydrogens (tertiary/aromatic N) is 2. The van der Waals surface area contributed by atoms with E-state index in [4.69, 9.17) is 14.0 Å². The highest BCUT2D eigenvalue weighted by Gasteiger charge is 2.30. The van der Waals surface area contributed by atoms with Crippen molar-refractivity contribution in [2.45, 2.75) is 31.3 Å². The van der Waals surface area contributed by atoms with Crippen molar-refractivity contribution in [3.8, 4) is 22.9 Å². The minimum absolute atomic E-state index is 0.0880. The van der Waals surface area contributed by atoms with E-state index in [-0.39, 0.29) is 11.7 Å². The summed E-state index contributed by atoms with van der Waals surface area (Å²) in [6.07, 6.45) is 0.719. The molecule has 1 amide bonds. The highest BCUT2D eigenvalue weighted by atomic mass is 32.2. The van der Waals surface area contributed by atoms with Crippen LogP contribution >= 0.6 is 0 Å². The number of hydrogen-bond donors (Lipinski definition) is 1. The van der Waals surface area contributed by atoms with E-state index < -0.39 is 26.7 Å². The summed E-state index contributed by atoms with van der Waals surface area (Å²) in [6.45, 7) is 3.64. The highest BCUT2D eigenvalue weighted by molar-refractivity contribution is 7.92. The van der Waals surface area contributed by atoms with Crippen molar-refractivity contribution in [1.29, 1.82) is 0 Å². The van der Waals surface area contributed by atoms with Gasteiger partial charge < -0.3 is 19.3 Å². The van der Waals surface area contributed by atoms with Gasteiger partial charge in [-0.05, 0) is 31.5 Å². The third-order valence-electron chi connectivity index (χ3n) is 3.89. The Bertz CT molecular complexity index is 894. The van der Waals surface area contributed by atoms with Crippen LogP contribution in [0.2, 0.25) is 0 Å². The Morgan fingerprint density at radius 2 is 1.96 bits per heavy atom. The summed E-state index contributed by atoms with van der Waals surface area (Å²) in [5.41, 5.74) is 0.578. The summed E-state index contributed by atoms with van der Waals surface area (Å²) in [5, 5.41) is 5.17. The molecule has 0 saturated carbocycles. The molecule has 0 fully saturated rings. The number of aromatic nitrogens is 2. The molecular formula is C17H23N3O6S. The molecule has 9 nitrogen and oxygen atoms in total. The number of carbonyl (C=O) groups is 1. The van der Waals surface area contributed by atoms with Gasteiger partial charge in [0.1, 0.15) is 11.0 Å². The van der Waals surface area contributed by atoms with E-state index in [0.29, 0.717) is 23.6 Å². The maximum atomic E-state index is 12.4. The molecular weight excluding hydrogens is 374 g/mol. The van der Waals surface area contributed by atoms with E-state index in [1.165, 1.54) is 21.1 Å². The van der Waals surface area contributed by atoms with Gasteiger partial charge in [0.25, 0.3) is 0 Å². The van der Waals surface area contributed by atoms with E-state index in [1.807, 2.05) is 6.92 Å². The first-order valence-corrected chi connectivity index (χ1v) is 10.1. The molecule has 0 aliphatic carbocycles. The summed E-state index contributed by atoms with van der Waals surface area (Å²) in [4.78, 5) is 16.0. The van der Waals surface area contributed by atoms with Crippen molar-refractivity contribution < 1.29 is 27.2 Å². The summed E-state index contributed by atoms with van der Waals surface area (Å²) in [5.74, 6) is 0.0823. The zero-order valence-electron chi connectivity index (χ0n) is 15.7. The fourth-order valence-electron chi connectivity index (χ4n) is 2.26. The fourth-order valence-corrected chi connectivity index (χ4v) is 3.38. The maximum Gasteiger partial charge on any atom is 0.242 e. The molecule has 10 heteroatoms. The minimum Gasteiger partial charge on any atom is -0.493 e. The van der Waals surface area contributed by atoms with Crippen molar-refractivity contribution in [2.75, 3.05) is 20.8 Å². The first-order chi connectivity index (χ1) is 12.8. The molecule has 1 unspecified atom stereocenters. The minimum atomic E-state index is -3.79. The third-order valence-corrected chi connectivity index (χ3v) is 5.83. The van der Waals surface area contributed by atoms with Gasteiger partial charge >= 0.3 is 0 Å². The van der Waals surface area contributed by atoms with Crippen molar-refractivity contribution in [3.63, 3.8) is 0 Å². The van der Waals surface area contributed by atoms with E-state index in [1.54, 1.807) is 18.2 Å². The maximum absolute atomic E-state index is 12.4. The van der Waals surface area contributed by atoms with Crippen LogP contribution in [0.3, 0.4) is 0 Å². The van der Waals surface area contributed by atoms with E-state index in [9.17, 15) is 13.2 Å². The standard InChI is InChI=1S/C17H23N3O6S/c1-5-8-18-17(21)11(2)27(22,23)10-15-19-16(20-26-15)12-6-7-13(24-3)14(9-12)25-4/h6-7,9,11H,5,8,10H2,1-4H3,(H,18,21). The van der Waals surface area contributed by atoms with Crippen molar-refractivity contribution in [1.82, 2.24) is 15.5 Å². The average molecular weight is 397 g/mol. The quantitative estimate of drug-likeness (QED) is 0.677. The van der Waals surface area contributed by atoms with E-state index >= 15 is 0 Å². The van der Waals surface area contributed by atoms with Crippen LogP contribution in [-0.4, -0.2) is 50.5 Å². The van der Waals surface area contributed by atoms with Crippen LogP contribution < -0.4 is 14.8 Å². The number of nitrogens with one attached hydrogen (secondary N) is 1. The molecule has 0 aliphatic rings. The Hall–Kier alpha value is -2.62. The van der Waals surface area contributed by atoms with Crippen LogP contribution in [0.15, 0.2) is 22.7 Å². The Morgan fingerprint density at radius 3 is 2.59 bits per heavy atom. The predicted octanol–water partition coefficient (Wildman–Crippen LogP) is 1.58. The van der Waals surface area contributed by atoms with Gasteiger partial charge in [-0.15, -0.1) is 0 Å². The smallest absolute Gasteiger partial charge is 0.242 e. The second-order valence-electron chi connectivity index (χ2n) is 5.82. The molecule has 1 aromatic carbocycles. The number of carbonyl (C=O) groups excluding carboxylic acids is 1. The van der Waals surface area contributed by atoms with Crippen LogP contribution in [0.4, 0.5) is 0 Å². The zero-order valence-corrected chi connectivity index (χ0v) is 16.5. The van der Waals surface area contributed by atoms with Crippen molar-refractivity contribution >= 4 is 15.7 Å². The van der Waals surface area contributed by atoms with Crippen molar-refractivity contribution in [3.05, 3.63) is 24.1 Å². The Balaban J connectivity index is 2.17. The van der Waals surface area contributed by atoms with Crippen LogP contribution in [-0.2, 0) is 20.4 Å². The first kappa shape index (κ1) is 20.7. The largest absolute Gasteiger partial charge is 0.493 e. The molecule has 0 saturated heterocycles. The molecule has 1 atom stereocenters. The Morgan fingerprint density at radius 1 is 1.26 bits per heavy atom. The van der Waals surface area contributed by atoms with Gasteiger partial charge in [0.05, 0.1) is 14.2 Å². The van der Waals surface area contributed by atoms with Gasteiger partial charge in [0.2, 0.25) is 17.6 Å². The van der Waals surface area contributed by atoms with Crippen LogP contribution in [0.5, 0.6) is 11.5 Å². The molecule has 0 aliphatic heterocycles. The normalized spacial score (nSPS) is 12.4. The number of rotatable bonds is 9. The molecule has 1 N–H and O–H groups in total. The van der Waals surface area contributed by atoms with Crippen LogP contribution in [0.1, 0.15) is 26.2 Å². The highest BCUT2D eigenvalue weighted by Crippen LogP contribution is 2.31. The van der Waals surface area contributed by atoms with Crippen LogP contribution in [0, 0.1) is 0 Å². The molecule has 0 radical (unpaired) electrons. The lowest BCUT2D eigenvalue weighted by molar-refractivity contribution is -0.120. The van der Waals surface area contributed by atoms with Gasteiger partial charge in [0, 0.05) is 12.1 Å². The molecule has 1 heterocycles. The Kier molecular flexibility index (Phi) is 6.78. The summed E-state index contributed by atoms with van der Waals surface area (Å²) in [6, 6.07) is 5.04.